The summed E-state index contributed by atoms with van der Waals surface area (Å²) in [7, 11) is 0. The number of hydrogen-bond acceptors (Lipinski definition) is 5. The number of rotatable bonds is 3. The van der Waals surface area contributed by atoms with E-state index in [9.17, 15) is 4.79 Å². The van der Waals surface area contributed by atoms with Gasteiger partial charge in [0.15, 0.2) is 0 Å². The number of fused-ring (bicyclic) bond motifs is 2. The molecule has 3 heterocycles. The molecule has 2 aliphatic heterocycles. The van der Waals surface area contributed by atoms with Crippen molar-refractivity contribution in [2.45, 2.75) is 52.2 Å². The highest BCUT2D eigenvalue weighted by atomic mass is 16.2. The second-order valence-corrected chi connectivity index (χ2v) is 8.58. The minimum atomic E-state index is 0.165. The van der Waals surface area contributed by atoms with Gasteiger partial charge in [0.1, 0.15) is 5.52 Å². The van der Waals surface area contributed by atoms with E-state index < -0.39 is 0 Å². The van der Waals surface area contributed by atoms with Crippen LogP contribution in [0.25, 0.3) is 11.0 Å². The van der Waals surface area contributed by atoms with Gasteiger partial charge in [0.2, 0.25) is 5.91 Å². The Labute approximate surface area is 154 Å². The number of para-hydroxylation sites is 1. The Balaban J connectivity index is 1.39. The predicted molar refractivity (Wildman–Crippen MR) is 100 cm³/mol. The molecule has 3 unspecified atom stereocenters. The van der Waals surface area contributed by atoms with Crippen molar-refractivity contribution in [3.8, 4) is 0 Å². The van der Waals surface area contributed by atoms with Gasteiger partial charge in [-0.05, 0) is 24.0 Å². The van der Waals surface area contributed by atoms with E-state index in [0.717, 1.165) is 30.5 Å². The number of aryl methyl sites for hydroxylation is 1. The Morgan fingerprint density at radius 2 is 2.08 bits per heavy atom. The maximum Gasteiger partial charge on any atom is 0.224 e. The summed E-state index contributed by atoms with van der Waals surface area (Å²) >= 11 is 0. The van der Waals surface area contributed by atoms with Crippen LogP contribution < -0.4 is 10.9 Å². The molecule has 0 bridgehead atoms. The first kappa shape index (κ1) is 17.4. The average Bonchev–Trinajstić information content (AvgIpc) is 3.22. The second kappa shape index (κ2) is 6.63. The van der Waals surface area contributed by atoms with Crippen LogP contribution in [0.1, 0.15) is 33.6 Å². The Morgan fingerprint density at radius 1 is 1.27 bits per heavy atom. The van der Waals surface area contributed by atoms with Gasteiger partial charge in [-0.2, -0.15) is 0 Å². The number of likely N-dealkylation sites (tertiary alicyclic amines) is 1. The lowest BCUT2D eigenvalue weighted by Gasteiger charge is -2.39. The molecule has 4 rings (SSSR count). The van der Waals surface area contributed by atoms with Crippen LogP contribution in [-0.4, -0.2) is 51.0 Å². The second-order valence-electron chi connectivity index (χ2n) is 8.58. The van der Waals surface area contributed by atoms with Crippen molar-refractivity contribution >= 4 is 16.9 Å². The van der Waals surface area contributed by atoms with Crippen LogP contribution in [0.3, 0.4) is 0 Å². The summed E-state index contributed by atoms with van der Waals surface area (Å²) in [4.78, 5) is 14.8. The average molecular weight is 356 g/mol. The van der Waals surface area contributed by atoms with Crippen molar-refractivity contribution < 1.29 is 4.79 Å². The number of nitrogens with zero attached hydrogens (tertiary/aromatic N) is 4. The summed E-state index contributed by atoms with van der Waals surface area (Å²) in [6, 6.07) is 8.70. The molecule has 1 amide bonds. The Bertz CT molecular complexity index is 795. The number of benzene rings is 1. The van der Waals surface area contributed by atoms with Crippen LogP contribution in [0.15, 0.2) is 24.3 Å². The molecule has 2 N–H and O–H groups in total. The van der Waals surface area contributed by atoms with E-state index in [-0.39, 0.29) is 11.3 Å². The van der Waals surface area contributed by atoms with Crippen molar-refractivity contribution in [3.05, 3.63) is 24.3 Å². The lowest BCUT2D eigenvalue weighted by Crippen LogP contribution is -2.50. The highest BCUT2D eigenvalue weighted by molar-refractivity contribution is 5.77. The van der Waals surface area contributed by atoms with Gasteiger partial charge in [-0.15, -0.1) is 5.10 Å². The number of nitrogens with one attached hydrogen (secondary N) is 2. The zero-order valence-electron chi connectivity index (χ0n) is 15.8. The van der Waals surface area contributed by atoms with Crippen molar-refractivity contribution in [1.29, 1.82) is 0 Å². The summed E-state index contributed by atoms with van der Waals surface area (Å²) < 4.78 is 1.83. The topological polar surface area (TPSA) is 75.1 Å². The van der Waals surface area contributed by atoms with Gasteiger partial charge in [0, 0.05) is 37.5 Å². The fourth-order valence-electron chi connectivity index (χ4n) is 4.33. The summed E-state index contributed by atoms with van der Waals surface area (Å²) in [5.74, 6) is 0.669. The molecule has 3 atom stereocenters. The van der Waals surface area contributed by atoms with Gasteiger partial charge in [-0.25, -0.2) is 4.68 Å². The number of carbonyl (C=O) groups is 1. The molecule has 7 heteroatoms. The molecule has 1 aromatic carbocycles. The van der Waals surface area contributed by atoms with Crippen LogP contribution >= 0.6 is 0 Å². The first-order chi connectivity index (χ1) is 12.4. The maximum atomic E-state index is 12.8. The van der Waals surface area contributed by atoms with Crippen molar-refractivity contribution in [2.24, 2.45) is 11.3 Å². The minimum Gasteiger partial charge on any atom is -0.342 e. The molecule has 0 saturated carbocycles. The molecule has 0 aliphatic carbocycles. The third-order valence-electron chi connectivity index (χ3n) is 5.75. The monoisotopic (exact) mass is 356 g/mol. The normalized spacial score (nSPS) is 26.3. The van der Waals surface area contributed by atoms with E-state index >= 15 is 0 Å². The quantitative estimate of drug-likeness (QED) is 0.873. The molecule has 26 heavy (non-hydrogen) atoms. The first-order valence-corrected chi connectivity index (χ1v) is 9.50. The molecule has 0 spiro atoms. The third-order valence-corrected chi connectivity index (χ3v) is 5.75. The molecule has 7 nitrogen and oxygen atoms in total. The molecular weight excluding hydrogens is 328 g/mol. The van der Waals surface area contributed by atoms with Crippen LogP contribution in [0, 0.1) is 11.3 Å². The minimum absolute atomic E-state index is 0.165. The van der Waals surface area contributed by atoms with Crippen LogP contribution in [0.2, 0.25) is 0 Å². The maximum absolute atomic E-state index is 12.8. The van der Waals surface area contributed by atoms with Gasteiger partial charge in [-0.3, -0.25) is 15.6 Å². The molecular formula is C19H28N6O. The molecule has 1 aromatic heterocycles. The lowest BCUT2D eigenvalue weighted by atomic mass is 9.75. The standard InChI is InChI=1S/C19H28N6O/c1-19(2,3)18-13-12-24(10-8-14(13)20-22-18)17(26)9-11-25-16-7-5-4-6-15(16)21-23-25/h4-7,13-14,18,20,22H,8-12H2,1-3H3. The molecule has 2 aliphatic rings. The number of hydrazine groups is 1. The van der Waals surface area contributed by atoms with Crippen LogP contribution in [0.4, 0.5) is 0 Å². The van der Waals surface area contributed by atoms with Crippen molar-refractivity contribution in [1.82, 2.24) is 30.7 Å². The number of hydrogen-bond donors (Lipinski definition) is 2. The largest absolute Gasteiger partial charge is 0.342 e. The van der Waals surface area contributed by atoms with E-state index in [1.807, 2.05) is 33.8 Å². The van der Waals surface area contributed by atoms with Crippen LogP contribution in [-0.2, 0) is 11.3 Å². The van der Waals surface area contributed by atoms with Gasteiger partial charge < -0.3 is 4.90 Å². The smallest absolute Gasteiger partial charge is 0.224 e. The number of piperidine rings is 1. The molecule has 2 saturated heterocycles. The van der Waals surface area contributed by atoms with Crippen LogP contribution in [0.5, 0.6) is 0 Å². The van der Waals surface area contributed by atoms with E-state index in [4.69, 9.17) is 0 Å². The summed E-state index contributed by atoms with van der Waals surface area (Å²) in [6.45, 7) is 8.98. The first-order valence-electron chi connectivity index (χ1n) is 9.50. The molecule has 2 fully saturated rings. The highest BCUT2D eigenvalue weighted by Gasteiger charge is 2.45. The zero-order chi connectivity index (χ0) is 18.3. The van der Waals surface area contributed by atoms with Crippen molar-refractivity contribution in [2.75, 3.05) is 13.1 Å². The lowest BCUT2D eigenvalue weighted by molar-refractivity contribution is -0.133. The van der Waals surface area contributed by atoms with Gasteiger partial charge in [-0.1, -0.05) is 38.1 Å². The Kier molecular flexibility index (Phi) is 4.44. The fraction of sp³-hybridized carbons (Fsp3) is 0.632. The number of carbonyl (C=O) groups excluding carboxylic acids is 1. The third kappa shape index (κ3) is 3.21. The Morgan fingerprint density at radius 3 is 2.88 bits per heavy atom. The van der Waals surface area contributed by atoms with E-state index in [2.05, 4.69) is 41.9 Å². The molecule has 0 radical (unpaired) electrons. The van der Waals surface area contributed by atoms with E-state index in [1.54, 1.807) is 0 Å². The van der Waals surface area contributed by atoms with Gasteiger partial charge >= 0.3 is 0 Å². The molecule has 2 aromatic rings. The SMILES string of the molecule is CC(C)(C)C1NNC2CCN(C(=O)CCn3nnc4ccccc43)CC21. The summed E-state index contributed by atoms with van der Waals surface area (Å²) in [5, 5.41) is 8.35. The van der Waals surface area contributed by atoms with Gasteiger partial charge in [0.05, 0.1) is 12.1 Å². The number of aromatic nitrogens is 3. The molecule has 140 valence electrons. The van der Waals surface area contributed by atoms with E-state index in [1.165, 1.54) is 0 Å². The predicted octanol–water partition coefficient (Wildman–Crippen LogP) is 1.56. The highest BCUT2D eigenvalue weighted by Crippen LogP contribution is 2.34. The van der Waals surface area contributed by atoms with E-state index in [0.29, 0.717) is 31.0 Å². The number of amides is 1. The summed E-state index contributed by atoms with van der Waals surface area (Å²) in [6.07, 6.45) is 1.47. The summed E-state index contributed by atoms with van der Waals surface area (Å²) in [5.41, 5.74) is 8.92. The van der Waals surface area contributed by atoms with Crippen molar-refractivity contribution in [3.63, 3.8) is 0 Å². The van der Waals surface area contributed by atoms with Gasteiger partial charge in [0.25, 0.3) is 0 Å². The fourth-order valence-corrected chi connectivity index (χ4v) is 4.33. The zero-order valence-corrected chi connectivity index (χ0v) is 15.8. The Hall–Kier alpha value is -1.99.